The van der Waals surface area contributed by atoms with Crippen molar-refractivity contribution in [1.82, 2.24) is 4.57 Å². The summed E-state index contributed by atoms with van der Waals surface area (Å²) in [6.45, 7) is 0. The molecule has 1 heterocycles. The van der Waals surface area contributed by atoms with Crippen LogP contribution in [-0.4, -0.2) is 27.7 Å². The van der Waals surface area contributed by atoms with Gasteiger partial charge < -0.3 is 20.9 Å². The Balaban J connectivity index is 1.62. The molecule has 1 saturated carbocycles. The molecule has 1 fully saturated rings. The van der Waals surface area contributed by atoms with E-state index in [0.29, 0.717) is 27.9 Å². The Morgan fingerprint density at radius 3 is 2.63 bits per heavy atom. The fourth-order valence-corrected chi connectivity index (χ4v) is 3.95. The molecule has 30 heavy (non-hydrogen) atoms. The summed E-state index contributed by atoms with van der Waals surface area (Å²) in [6, 6.07) is 16.6. The van der Waals surface area contributed by atoms with Gasteiger partial charge in [-0.05, 0) is 68.1 Å². The third-order valence-corrected chi connectivity index (χ3v) is 5.57. The lowest BCUT2D eigenvalue weighted by molar-refractivity contribution is 0.100. The molecule has 3 aromatic rings. The van der Waals surface area contributed by atoms with Crippen molar-refractivity contribution in [3.05, 3.63) is 71.4 Å². The summed E-state index contributed by atoms with van der Waals surface area (Å²) in [5, 5.41) is 13.8. The smallest absolute Gasteiger partial charge is 0.250 e. The fraction of sp³-hybridized carbons (Fsp3) is 0.261. The monoisotopic (exact) mass is 425 g/mol. The Morgan fingerprint density at radius 2 is 1.90 bits per heavy atom. The number of carbonyl (C=O) groups excluding carboxylic acids is 1. The zero-order chi connectivity index (χ0) is 21.1. The van der Waals surface area contributed by atoms with E-state index in [-0.39, 0.29) is 12.1 Å². The van der Waals surface area contributed by atoms with Crippen LogP contribution in [0.1, 0.15) is 36.0 Å². The first kappa shape index (κ1) is 20.3. The van der Waals surface area contributed by atoms with E-state index in [1.165, 1.54) is 0 Å². The first-order valence-electron chi connectivity index (χ1n) is 9.99. The molecular formula is C23H24ClN3O3. The number of ether oxygens (including phenoxy) is 1. The first-order chi connectivity index (χ1) is 14.5. The number of aromatic nitrogens is 1. The summed E-state index contributed by atoms with van der Waals surface area (Å²) >= 11 is 6.06. The Morgan fingerprint density at radius 1 is 1.10 bits per heavy atom. The van der Waals surface area contributed by atoms with Crippen molar-refractivity contribution >= 4 is 23.2 Å². The van der Waals surface area contributed by atoms with Gasteiger partial charge in [0, 0.05) is 29.0 Å². The van der Waals surface area contributed by atoms with E-state index in [1.54, 1.807) is 18.2 Å². The molecular weight excluding hydrogens is 402 g/mol. The highest BCUT2D eigenvalue weighted by Crippen LogP contribution is 2.30. The molecule has 1 amide bonds. The van der Waals surface area contributed by atoms with Gasteiger partial charge in [-0.25, -0.2) is 0 Å². The quantitative estimate of drug-likeness (QED) is 0.532. The van der Waals surface area contributed by atoms with Gasteiger partial charge in [0.15, 0.2) is 0 Å². The number of rotatable bonds is 6. The molecule has 1 aliphatic rings. The minimum absolute atomic E-state index is 0.189. The van der Waals surface area contributed by atoms with E-state index >= 15 is 0 Å². The van der Waals surface area contributed by atoms with Gasteiger partial charge >= 0.3 is 0 Å². The lowest BCUT2D eigenvalue weighted by Gasteiger charge is -2.28. The number of halogens is 1. The second-order valence-corrected chi connectivity index (χ2v) is 7.96. The van der Waals surface area contributed by atoms with Gasteiger partial charge in [0.2, 0.25) is 5.88 Å². The molecule has 1 aromatic heterocycles. The van der Waals surface area contributed by atoms with Crippen LogP contribution < -0.4 is 15.8 Å². The van der Waals surface area contributed by atoms with Gasteiger partial charge in [0.05, 0.1) is 17.4 Å². The molecule has 0 spiro atoms. The minimum Gasteiger partial charge on any atom is -0.440 e. The molecule has 0 aliphatic heterocycles. The molecule has 6 nitrogen and oxygen atoms in total. The fourth-order valence-electron chi connectivity index (χ4n) is 3.77. The summed E-state index contributed by atoms with van der Waals surface area (Å²) in [5.41, 5.74) is 7.55. The largest absolute Gasteiger partial charge is 0.440 e. The van der Waals surface area contributed by atoms with Gasteiger partial charge in [-0.3, -0.25) is 9.36 Å². The van der Waals surface area contributed by atoms with Crippen molar-refractivity contribution in [3.63, 3.8) is 0 Å². The number of primary amides is 1. The van der Waals surface area contributed by atoms with Crippen molar-refractivity contribution < 1.29 is 14.6 Å². The minimum atomic E-state index is -0.484. The zero-order valence-electron chi connectivity index (χ0n) is 16.4. The summed E-state index contributed by atoms with van der Waals surface area (Å²) in [5.74, 6) is 0.772. The standard InChI is InChI=1S/C23H24ClN3O3/c24-15-3-1-4-19(13-15)30-22-5-2-12-27(22)17-8-11-20(23(25)29)21(14-17)26-16-6-9-18(28)10-7-16/h1-5,8,11-14,16,18,26,28H,6-7,9-10H2,(H2,25,29). The number of amides is 1. The molecule has 0 radical (unpaired) electrons. The van der Waals surface area contributed by atoms with Gasteiger partial charge in [-0.15, -0.1) is 0 Å². The number of hydrogen-bond donors (Lipinski definition) is 3. The van der Waals surface area contributed by atoms with Gasteiger partial charge in [-0.2, -0.15) is 0 Å². The van der Waals surface area contributed by atoms with Crippen LogP contribution in [0.25, 0.3) is 5.69 Å². The maximum atomic E-state index is 12.0. The molecule has 0 saturated heterocycles. The number of anilines is 1. The van der Waals surface area contributed by atoms with Gasteiger partial charge in [-0.1, -0.05) is 17.7 Å². The number of carbonyl (C=O) groups is 1. The molecule has 7 heteroatoms. The lowest BCUT2D eigenvalue weighted by atomic mass is 9.92. The molecule has 4 N–H and O–H groups in total. The number of hydrogen-bond acceptors (Lipinski definition) is 4. The average Bonchev–Trinajstić information content (AvgIpc) is 3.17. The van der Waals surface area contributed by atoms with Gasteiger partial charge in [0.25, 0.3) is 5.91 Å². The highest BCUT2D eigenvalue weighted by molar-refractivity contribution is 6.30. The third kappa shape index (κ3) is 4.61. The van der Waals surface area contributed by atoms with Crippen LogP contribution in [0.3, 0.4) is 0 Å². The second kappa shape index (κ2) is 8.81. The van der Waals surface area contributed by atoms with Gasteiger partial charge in [0.1, 0.15) is 5.75 Å². The van der Waals surface area contributed by atoms with E-state index in [2.05, 4.69) is 5.32 Å². The Kier molecular flexibility index (Phi) is 5.97. The normalized spacial score (nSPS) is 18.7. The van der Waals surface area contributed by atoms with E-state index in [0.717, 1.165) is 31.4 Å². The maximum absolute atomic E-state index is 12.0. The molecule has 4 rings (SSSR count). The molecule has 1 aliphatic carbocycles. The van der Waals surface area contributed by atoms with E-state index < -0.39 is 5.91 Å². The van der Waals surface area contributed by atoms with Crippen molar-refractivity contribution in [3.8, 4) is 17.3 Å². The van der Waals surface area contributed by atoms with Crippen LogP contribution in [-0.2, 0) is 0 Å². The summed E-state index contributed by atoms with van der Waals surface area (Å²) < 4.78 is 7.89. The number of nitrogens with one attached hydrogen (secondary N) is 1. The number of nitrogens with zero attached hydrogens (tertiary/aromatic N) is 1. The average molecular weight is 426 g/mol. The number of nitrogens with two attached hydrogens (primary N) is 1. The zero-order valence-corrected chi connectivity index (χ0v) is 17.2. The van der Waals surface area contributed by atoms with Crippen molar-refractivity contribution in [2.45, 2.75) is 37.8 Å². The maximum Gasteiger partial charge on any atom is 0.250 e. The highest BCUT2D eigenvalue weighted by Gasteiger charge is 2.21. The lowest BCUT2D eigenvalue weighted by Crippen LogP contribution is -2.29. The van der Waals surface area contributed by atoms with E-state index in [9.17, 15) is 9.90 Å². The summed E-state index contributed by atoms with van der Waals surface area (Å²) in [7, 11) is 0. The Hall–Kier alpha value is -2.96. The molecule has 0 unspecified atom stereocenters. The number of aliphatic hydroxyl groups is 1. The van der Waals surface area contributed by atoms with Crippen LogP contribution in [0.15, 0.2) is 60.8 Å². The molecule has 156 valence electrons. The second-order valence-electron chi connectivity index (χ2n) is 7.52. The topological polar surface area (TPSA) is 89.5 Å². The number of aliphatic hydroxyl groups excluding tert-OH is 1. The van der Waals surface area contributed by atoms with Crippen molar-refractivity contribution in [2.75, 3.05) is 5.32 Å². The first-order valence-corrected chi connectivity index (χ1v) is 10.4. The van der Waals surface area contributed by atoms with Crippen molar-refractivity contribution in [1.29, 1.82) is 0 Å². The number of benzene rings is 2. The third-order valence-electron chi connectivity index (χ3n) is 5.33. The molecule has 0 atom stereocenters. The van der Waals surface area contributed by atoms with E-state index in [1.807, 2.05) is 47.2 Å². The van der Waals surface area contributed by atoms with Crippen LogP contribution in [0.5, 0.6) is 11.6 Å². The molecule has 0 bridgehead atoms. The predicted octanol–water partition coefficient (Wildman–Crippen LogP) is 4.74. The van der Waals surface area contributed by atoms with E-state index in [4.69, 9.17) is 22.1 Å². The van der Waals surface area contributed by atoms with Crippen LogP contribution in [0.2, 0.25) is 5.02 Å². The molecule has 2 aromatic carbocycles. The Bertz CT molecular complexity index is 1040. The summed E-state index contributed by atoms with van der Waals surface area (Å²) in [4.78, 5) is 12.0. The Labute approximate surface area is 180 Å². The van der Waals surface area contributed by atoms with Crippen LogP contribution in [0, 0.1) is 0 Å². The highest BCUT2D eigenvalue weighted by atomic mass is 35.5. The summed E-state index contributed by atoms with van der Waals surface area (Å²) in [6.07, 6.45) is 4.83. The SMILES string of the molecule is NC(=O)c1ccc(-n2cccc2Oc2cccc(Cl)c2)cc1NC1CCC(O)CC1. The van der Waals surface area contributed by atoms with Crippen LogP contribution in [0.4, 0.5) is 5.69 Å². The van der Waals surface area contributed by atoms with Crippen molar-refractivity contribution in [2.24, 2.45) is 5.73 Å². The van der Waals surface area contributed by atoms with Crippen LogP contribution >= 0.6 is 11.6 Å². The predicted molar refractivity (Wildman–Crippen MR) is 118 cm³/mol.